The summed E-state index contributed by atoms with van der Waals surface area (Å²) in [5, 5.41) is 6.58. The molecule has 0 radical (unpaired) electrons. The highest BCUT2D eigenvalue weighted by molar-refractivity contribution is 5.79. The van der Waals surface area contributed by atoms with E-state index in [1.54, 1.807) is 0 Å². The number of ether oxygens (including phenoxy) is 1. The molecule has 2 aliphatic heterocycles. The minimum Gasteiger partial charge on any atom is -0.377 e. The third kappa shape index (κ3) is 3.69. The van der Waals surface area contributed by atoms with Crippen molar-refractivity contribution in [2.75, 3.05) is 19.7 Å². The summed E-state index contributed by atoms with van der Waals surface area (Å²) >= 11 is 0. The van der Waals surface area contributed by atoms with Crippen molar-refractivity contribution in [3.8, 4) is 0 Å². The van der Waals surface area contributed by atoms with E-state index >= 15 is 0 Å². The standard InChI is InChI=1S/C14H26N2O2/c1-2-13-12(7-10-18-13)14(17)16-9-6-11-5-3-4-8-15-11/h11-13,15H,2-10H2,1H3,(H,16,17). The molecule has 0 spiro atoms. The van der Waals surface area contributed by atoms with Crippen LogP contribution in [-0.2, 0) is 9.53 Å². The maximum atomic E-state index is 12.0. The van der Waals surface area contributed by atoms with E-state index in [1.807, 2.05) is 0 Å². The zero-order valence-corrected chi connectivity index (χ0v) is 11.4. The molecule has 0 aromatic rings. The Balaban J connectivity index is 1.64. The van der Waals surface area contributed by atoms with Crippen LogP contribution in [0.3, 0.4) is 0 Å². The molecule has 4 heteroatoms. The molecule has 0 aromatic carbocycles. The van der Waals surface area contributed by atoms with Crippen molar-refractivity contribution in [1.29, 1.82) is 0 Å². The van der Waals surface area contributed by atoms with E-state index in [2.05, 4.69) is 17.6 Å². The molecule has 4 nitrogen and oxygen atoms in total. The minimum atomic E-state index is 0.0781. The molecule has 104 valence electrons. The van der Waals surface area contributed by atoms with Crippen molar-refractivity contribution in [3.05, 3.63) is 0 Å². The molecule has 0 bridgehead atoms. The zero-order chi connectivity index (χ0) is 12.8. The SMILES string of the molecule is CCC1OCCC1C(=O)NCCC1CCCCN1. The topological polar surface area (TPSA) is 50.4 Å². The number of nitrogens with one attached hydrogen (secondary N) is 2. The van der Waals surface area contributed by atoms with Gasteiger partial charge in [-0.3, -0.25) is 4.79 Å². The van der Waals surface area contributed by atoms with Crippen molar-refractivity contribution in [2.45, 2.75) is 57.6 Å². The molecule has 2 heterocycles. The summed E-state index contributed by atoms with van der Waals surface area (Å²) in [6, 6.07) is 0.598. The maximum absolute atomic E-state index is 12.0. The molecule has 3 atom stereocenters. The highest BCUT2D eigenvalue weighted by atomic mass is 16.5. The van der Waals surface area contributed by atoms with Crippen LogP contribution in [0.1, 0.15) is 45.4 Å². The van der Waals surface area contributed by atoms with Gasteiger partial charge in [-0.05, 0) is 38.6 Å². The fraction of sp³-hybridized carbons (Fsp3) is 0.929. The van der Waals surface area contributed by atoms with Crippen molar-refractivity contribution >= 4 is 5.91 Å². The van der Waals surface area contributed by atoms with E-state index in [0.717, 1.165) is 39.0 Å². The fourth-order valence-electron chi connectivity index (χ4n) is 3.02. The summed E-state index contributed by atoms with van der Waals surface area (Å²) in [5.74, 6) is 0.268. The van der Waals surface area contributed by atoms with Crippen LogP contribution in [0.4, 0.5) is 0 Å². The highest BCUT2D eigenvalue weighted by Crippen LogP contribution is 2.23. The zero-order valence-electron chi connectivity index (χ0n) is 11.4. The first-order valence-corrected chi connectivity index (χ1v) is 7.44. The van der Waals surface area contributed by atoms with E-state index in [-0.39, 0.29) is 17.9 Å². The third-order valence-corrected chi connectivity index (χ3v) is 4.15. The molecule has 0 aliphatic carbocycles. The van der Waals surface area contributed by atoms with Crippen LogP contribution >= 0.6 is 0 Å². The van der Waals surface area contributed by atoms with Gasteiger partial charge in [0, 0.05) is 19.2 Å². The van der Waals surface area contributed by atoms with Gasteiger partial charge in [-0.2, -0.15) is 0 Å². The summed E-state index contributed by atoms with van der Waals surface area (Å²) in [4.78, 5) is 12.0. The Morgan fingerprint density at radius 1 is 1.39 bits per heavy atom. The van der Waals surface area contributed by atoms with E-state index < -0.39 is 0 Å². The lowest BCUT2D eigenvalue weighted by molar-refractivity contribution is -0.126. The van der Waals surface area contributed by atoms with E-state index in [4.69, 9.17) is 4.74 Å². The number of hydrogen-bond acceptors (Lipinski definition) is 3. The lowest BCUT2D eigenvalue weighted by Gasteiger charge is -2.24. The third-order valence-electron chi connectivity index (χ3n) is 4.15. The second-order valence-electron chi connectivity index (χ2n) is 5.44. The number of carbonyl (C=O) groups is 1. The van der Waals surface area contributed by atoms with Gasteiger partial charge in [-0.15, -0.1) is 0 Å². The van der Waals surface area contributed by atoms with Crippen molar-refractivity contribution in [3.63, 3.8) is 0 Å². The Hall–Kier alpha value is -0.610. The molecule has 0 saturated carbocycles. The quantitative estimate of drug-likeness (QED) is 0.781. The summed E-state index contributed by atoms with van der Waals surface area (Å²) in [5.41, 5.74) is 0. The van der Waals surface area contributed by atoms with Gasteiger partial charge < -0.3 is 15.4 Å². The smallest absolute Gasteiger partial charge is 0.225 e. The summed E-state index contributed by atoms with van der Waals surface area (Å²) in [6.07, 6.45) is 6.86. The molecular formula is C14H26N2O2. The van der Waals surface area contributed by atoms with Gasteiger partial charge in [0.2, 0.25) is 5.91 Å². The Kier molecular flexibility index (Phi) is 5.45. The Labute approximate surface area is 110 Å². The lowest BCUT2D eigenvalue weighted by Crippen LogP contribution is -2.40. The molecule has 2 fully saturated rings. The lowest BCUT2D eigenvalue weighted by atomic mass is 9.98. The van der Waals surface area contributed by atoms with Crippen LogP contribution in [0.15, 0.2) is 0 Å². The van der Waals surface area contributed by atoms with E-state index in [1.165, 1.54) is 19.3 Å². The first-order chi connectivity index (χ1) is 8.81. The van der Waals surface area contributed by atoms with Gasteiger partial charge in [-0.25, -0.2) is 0 Å². The summed E-state index contributed by atoms with van der Waals surface area (Å²) in [7, 11) is 0. The Morgan fingerprint density at radius 3 is 3.00 bits per heavy atom. The van der Waals surface area contributed by atoms with Gasteiger partial charge in [0.25, 0.3) is 0 Å². The maximum Gasteiger partial charge on any atom is 0.225 e. The largest absolute Gasteiger partial charge is 0.377 e. The van der Waals surface area contributed by atoms with Gasteiger partial charge >= 0.3 is 0 Å². The first kappa shape index (κ1) is 13.8. The van der Waals surface area contributed by atoms with Crippen molar-refractivity contribution < 1.29 is 9.53 Å². The molecule has 1 amide bonds. The average Bonchev–Trinajstić information content (AvgIpc) is 2.88. The molecule has 2 rings (SSSR count). The van der Waals surface area contributed by atoms with E-state index in [0.29, 0.717) is 6.04 Å². The van der Waals surface area contributed by atoms with Gasteiger partial charge in [0.15, 0.2) is 0 Å². The molecule has 0 aromatic heterocycles. The summed E-state index contributed by atoms with van der Waals surface area (Å²) < 4.78 is 5.56. The summed E-state index contributed by atoms with van der Waals surface area (Å²) in [6.45, 7) is 4.75. The predicted octanol–water partition coefficient (Wildman–Crippen LogP) is 1.45. The van der Waals surface area contributed by atoms with Gasteiger partial charge in [-0.1, -0.05) is 13.3 Å². The number of piperidine rings is 1. The Bertz CT molecular complexity index is 265. The van der Waals surface area contributed by atoms with E-state index in [9.17, 15) is 4.79 Å². The normalized spacial score (nSPS) is 32.4. The molecule has 2 saturated heterocycles. The predicted molar refractivity (Wildman–Crippen MR) is 71.4 cm³/mol. The van der Waals surface area contributed by atoms with Crippen molar-refractivity contribution in [2.24, 2.45) is 5.92 Å². The van der Waals surface area contributed by atoms with Crippen LogP contribution in [0, 0.1) is 5.92 Å². The number of amides is 1. The average molecular weight is 254 g/mol. The molecule has 2 N–H and O–H groups in total. The van der Waals surface area contributed by atoms with Gasteiger partial charge in [0.05, 0.1) is 12.0 Å². The second kappa shape index (κ2) is 7.10. The van der Waals surface area contributed by atoms with Crippen LogP contribution in [-0.4, -0.2) is 37.7 Å². The number of rotatable bonds is 5. The molecular weight excluding hydrogens is 228 g/mol. The number of hydrogen-bond donors (Lipinski definition) is 2. The van der Waals surface area contributed by atoms with Crippen molar-refractivity contribution in [1.82, 2.24) is 10.6 Å². The highest BCUT2D eigenvalue weighted by Gasteiger charge is 2.32. The fourth-order valence-corrected chi connectivity index (χ4v) is 3.02. The molecule has 3 unspecified atom stereocenters. The van der Waals surface area contributed by atoms with Gasteiger partial charge in [0.1, 0.15) is 0 Å². The molecule has 18 heavy (non-hydrogen) atoms. The van der Waals surface area contributed by atoms with Crippen LogP contribution in [0.5, 0.6) is 0 Å². The monoisotopic (exact) mass is 254 g/mol. The molecule has 2 aliphatic rings. The first-order valence-electron chi connectivity index (χ1n) is 7.44. The minimum absolute atomic E-state index is 0.0781. The number of carbonyl (C=O) groups excluding carboxylic acids is 1. The second-order valence-corrected chi connectivity index (χ2v) is 5.44. The van der Waals surface area contributed by atoms with Crippen LogP contribution < -0.4 is 10.6 Å². The Morgan fingerprint density at radius 2 is 2.28 bits per heavy atom. The van der Waals surface area contributed by atoms with Crippen LogP contribution in [0.25, 0.3) is 0 Å². The van der Waals surface area contributed by atoms with Crippen LogP contribution in [0.2, 0.25) is 0 Å².